The number of halogens is 3. The molecule has 0 atom stereocenters. The van der Waals surface area contributed by atoms with E-state index in [1.807, 2.05) is 0 Å². The molecule has 1 aromatic rings. The van der Waals surface area contributed by atoms with Crippen LogP contribution in [0.1, 0.15) is 5.56 Å². The molecule has 0 bridgehead atoms. The SMILES string of the molecule is N/C(=C/c1ccccc1OC(F)(F)F)C(=O)O. The number of para-hydroxylation sites is 1. The van der Waals surface area contributed by atoms with Crippen LogP contribution in [0.2, 0.25) is 0 Å². The summed E-state index contributed by atoms with van der Waals surface area (Å²) >= 11 is 0. The minimum absolute atomic E-state index is 0.0651. The van der Waals surface area contributed by atoms with E-state index in [1.165, 1.54) is 18.2 Å². The number of nitrogens with two attached hydrogens (primary N) is 1. The third kappa shape index (κ3) is 4.06. The minimum Gasteiger partial charge on any atom is -0.477 e. The summed E-state index contributed by atoms with van der Waals surface area (Å²) in [5.41, 5.74) is 4.46. The first kappa shape index (κ1) is 12.9. The van der Waals surface area contributed by atoms with Gasteiger partial charge in [0.1, 0.15) is 11.4 Å². The summed E-state index contributed by atoms with van der Waals surface area (Å²) in [6.45, 7) is 0. The van der Waals surface area contributed by atoms with Crippen molar-refractivity contribution in [3.63, 3.8) is 0 Å². The topological polar surface area (TPSA) is 72.5 Å². The van der Waals surface area contributed by atoms with Crippen LogP contribution in [0.5, 0.6) is 5.75 Å². The summed E-state index contributed by atoms with van der Waals surface area (Å²) in [4.78, 5) is 10.4. The van der Waals surface area contributed by atoms with Crippen LogP contribution in [0.25, 0.3) is 6.08 Å². The highest BCUT2D eigenvalue weighted by atomic mass is 19.4. The maximum Gasteiger partial charge on any atom is 0.573 e. The summed E-state index contributed by atoms with van der Waals surface area (Å²) in [5, 5.41) is 8.51. The summed E-state index contributed by atoms with van der Waals surface area (Å²) in [6, 6.07) is 5.09. The fourth-order valence-corrected chi connectivity index (χ4v) is 1.05. The lowest BCUT2D eigenvalue weighted by Crippen LogP contribution is -2.18. The fraction of sp³-hybridized carbons (Fsp3) is 0.100. The van der Waals surface area contributed by atoms with Crippen molar-refractivity contribution in [2.24, 2.45) is 5.73 Å². The van der Waals surface area contributed by atoms with Crippen molar-refractivity contribution in [1.82, 2.24) is 0 Å². The van der Waals surface area contributed by atoms with Gasteiger partial charge in [-0.15, -0.1) is 13.2 Å². The summed E-state index contributed by atoms with van der Waals surface area (Å²) in [5.74, 6) is -1.93. The molecule has 92 valence electrons. The van der Waals surface area contributed by atoms with Gasteiger partial charge in [0.25, 0.3) is 0 Å². The molecule has 0 fully saturated rings. The molecule has 17 heavy (non-hydrogen) atoms. The highest BCUT2D eigenvalue weighted by Gasteiger charge is 2.31. The number of carboxylic acids is 1. The van der Waals surface area contributed by atoms with Gasteiger partial charge in [0, 0.05) is 5.56 Å². The van der Waals surface area contributed by atoms with Crippen LogP contribution in [0.4, 0.5) is 13.2 Å². The van der Waals surface area contributed by atoms with E-state index in [-0.39, 0.29) is 5.56 Å². The van der Waals surface area contributed by atoms with Crippen molar-refractivity contribution >= 4 is 12.0 Å². The van der Waals surface area contributed by atoms with Crippen LogP contribution >= 0.6 is 0 Å². The van der Waals surface area contributed by atoms with Crippen molar-refractivity contribution in [3.05, 3.63) is 35.5 Å². The van der Waals surface area contributed by atoms with Crippen LogP contribution in [0.3, 0.4) is 0 Å². The lowest BCUT2D eigenvalue weighted by Gasteiger charge is -2.11. The zero-order valence-electron chi connectivity index (χ0n) is 8.36. The van der Waals surface area contributed by atoms with E-state index < -0.39 is 23.8 Å². The molecular weight excluding hydrogens is 239 g/mol. The maximum absolute atomic E-state index is 12.0. The molecule has 1 rings (SSSR count). The quantitative estimate of drug-likeness (QED) is 0.801. The Balaban J connectivity index is 3.09. The Hall–Kier alpha value is -2.18. The van der Waals surface area contributed by atoms with Crippen molar-refractivity contribution < 1.29 is 27.8 Å². The molecule has 0 saturated carbocycles. The predicted molar refractivity (Wildman–Crippen MR) is 52.9 cm³/mol. The number of carboxylic acid groups (broad SMARTS) is 1. The number of carbonyl (C=O) groups is 1. The Morgan fingerprint density at radius 3 is 2.47 bits per heavy atom. The number of aliphatic carboxylic acids is 1. The smallest absolute Gasteiger partial charge is 0.477 e. The van der Waals surface area contributed by atoms with Gasteiger partial charge >= 0.3 is 12.3 Å². The van der Waals surface area contributed by atoms with Crippen molar-refractivity contribution in [2.45, 2.75) is 6.36 Å². The van der Waals surface area contributed by atoms with Gasteiger partial charge in [0.15, 0.2) is 0 Å². The van der Waals surface area contributed by atoms with Crippen LogP contribution in [-0.2, 0) is 4.79 Å². The predicted octanol–water partition coefficient (Wildman–Crippen LogP) is 1.97. The lowest BCUT2D eigenvalue weighted by molar-refractivity contribution is -0.274. The maximum atomic E-state index is 12.0. The van der Waals surface area contributed by atoms with Gasteiger partial charge in [-0.1, -0.05) is 18.2 Å². The van der Waals surface area contributed by atoms with Crippen LogP contribution in [0.15, 0.2) is 30.0 Å². The third-order valence-electron chi connectivity index (χ3n) is 1.70. The highest BCUT2D eigenvalue weighted by Crippen LogP contribution is 2.27. The molecule has 0 spiro atoms. The number of benzene rings is 1. The Labute approximate surface area is 94.1 Å². The molecule has 0 amide bonds. The largest absolute Gasteiger partial charge is 0.573 e. The number of hydrogen-bond donors (Lipinski definition) is 2. The first-order valence-electron chi connectivity index (χ1n) is 4.35. The zero-order valence-corrected chi connectivity index (χ0v) is 8.36. The first-order valence-corrected chi connectivity index (χ1v) is 4.35. The van der Waals surface area contributed by atoms with Crippen molar-refractivity contribution in [2.75, 3.05) is 0 Å². The number of rotatable bonds is 3. The van der Waals surface area contributed by atoms with Gasteiger partial charge in [0.05, 0.1) is 0 Å². The second kappa shape index (κ2) is 4.77. The van der Waals surface area contributed by atoms with E-state index in [2.05, 4.69) is 4.74 Å². The fourth-order valence-electron chi connectivity index (χ4n) is 1.05. The molecule has 4 nitrogen and oxygen atoms in total. The lowest BCUT2D eigenvalue weighted by atomic mass is 10.1. The van der Waals surface area contributed by atoms with Crippen LogP contribution in [-0.4, -0.2) is 17.4 Å². The molecule has 0 saturated heterocycles. The van der Waals surface area contributed by atoms with Gasteiger partial charge in [-0.3, -0.25) is 0 Å². The van der Waals surface area contributed by atoms with E-state index in [9.17, 15) is 18.0 Å². The molecular formula is C10H8F3NO3. The molecule has 0 aromatic heterocycles. The molecule has 0 heterocycles. The van der Waals surface area contributed by atoms with E-state index in [1.54, 1.807) is 0 Å². The Bertz CT molecular complexity index is 454. The average Bonchev–Trinajstić information content (AvgIpc) is 2.18. The molecule has 0 unspecified atom stereocenters. The minimum atomic E-state index is -4.85. The Kier molecular flexibility index (Phi) is 3.62. The molecule has 1 aromatic carbocycles. The van der Waals surface area contributed by atoms with E-state index >= 15 is 0 Å². The summed E-state index contributed by atoms with van der Waals surface area (Å²) in [7, 11) is 0. The number of ether oxygens (including phenoxy) is 1. The number of hydrogen-bond acceptors (Lipinski definition) is 3. The molecule has 7 heteroatoms. The van der Waals surface area contributed by atoms with Crippen LogP contribution < -0.4 is 10.5 Å². The van der Waals surface area contributed by atoms with Gasteiger partial charge in [-0.05, 0) is 12.1 Å². The molecule has 0 aliphatic rings. The monoisotopic (exact) mass is 247 g/mol. The summed E-state index contributed by atoms with van der Waals surface area (Å²) in [6.07, 6.45) is -3.95. The zero-order chi connectivity index (χ0) is 13.1. The third-order valence-corrected chi connectivity index (χ3v) is 1.70. The normalized spacial score (nSPS) is 12.3. The average molecular weight is 247 g/mol. The second-order valence-electron chi connectivity index (χ2n) is 2.99. The van der Waals surface area contributed by atoms with E-state index in [0.29, 0.717) is 0 Å². The van der Waals surface area contributed by atoms with E-state index in [0.717, 1.165) is 12.1 Å². The highest BCUT2D eigenvalue weighted by molar-refractivity contribution is 5.91. The molecule has 0 aliphatic carbocycles. The molecule has 0 radical (unpaired) electrons. The van der Waals surface area contributed by atoms with Gasteiger partial charge in [0.2, 0.25) is 0 Å². The molecule has 3 N–H and O–H groups in total. The van der Waals surface area contributed by atoms with Gasteiger partial charge in [-0.25, -0.2) is 4.79 Å². The Morgan fingerprint density at radius 1 is 1.35 bits per heavy atom. The number of alkyl halides is 3. The van der Waals surface area contributed by atoms with Crippen molar-refractivity contribution in [1.29, 1.82) is 0 Å². The van der Waals surface area contributed by atoms with Gasteiger partial charge < -0.3 is 15.6 Å². The van der Waals surface area contributed by atoms with E-state index in [4.69, 9.17) is 10.8 Å². The van der Waals surface area contributed by atoms with Crippen molar-refractivity contribution in [3.8, 4) is 5.75 Å². The van der Waals surface area contributed by atoms with Gasteiger partial charge in [-0.2, -0.15) is 0 Å². The Morgan fingerprint density at radius 2 is 1.94 bits per heavy atom. The molecule has 0 aliphatic heterocycles. The summed E-state index contributed by atoms with van der Waals surface area (Å²) < 4.78 is 39.8. The second-order valence-corrected chi connectivity index (χ2v) is 2.99. The first-order chi connectivity index (χ1) is 7.79. The standard InChI is InChI=1S/C10H8F3NO3/c11-10(12,13)17-8-4-2-1-3-6(8)5-7(14)9(15)16/h1-5H,14H2,(H,15,16)/b7-5+. The van der Waals surface area contributed by atoms with Crippen LogP contribution in [0, 0.1) is 0 Å².